The molecule has 0 spiro atoms. The molecule has 0 radical (unpaired) electrons. The summed E-state index contributed by atoms with van der Waals surface area (Å²) < 4.78 is 0. The second-order valence-corrected chi connectivity index (χ2v) is 6.77. The number of carboxylic acid groups (broad SMARTS) is 1. The first kappa shape index (κ1) is 27.2. The molecule has 13 heteroatoms. The number of hydrogen-bond donors (Lipinski definition) is 8. The number of carbonyl (C=O) groups excluding carboxylic acids is 4. The number of unbranched alkanes of at least 4 members (excludes halogenated alkanes) is 1. The molecule has 0 saturated carbocycles. The predicted octanol–water partition coefficient (Wildman–Crippen LogP) is -3.74. The van der Waals surface area contributed by atoms with Crippen LogP contribution in [0.5, 0.6) is 0 Å². The minimum atomic E-state index is -1.59. The highest BCUT2D eigenvalue weighted by Crippen LogP contribution is 2.02. The topological polar surface area (TPSA) is 240 Å². The summed E-state index contributed by atoms with van der Waals surface area (Å²) >= 11 is 0. The second kappa shape index (κ2) is 14.3. The van der Waals surface area contributed by atoms with Crippen molar-refractivity contribution < 1.29 is 34.2 Å². The van der Waals surface area contributed by atoms with Crippen LogP contribution < -0.4 is 33.2 Å². The van der Waals surface area contributed by atoms with E-state index in [0.717, 1.165) is 0 Å². The van der Waals surface area contributed by atoms with Gasteiger partial charge in [0, 0.05) is 6.42 Å². The van der Waals surface area contributed by atoms with Crippen molar-refractivity contribution in [2.45, 2.75) is 63.2 Å². The van der Waals surface area contributed by atoms with Crippen molar-refractivity contribution in [1.82, 2.24) is 16.0 Å². The van der Waals surface area contributed by atoms with E-state index >= 15 is 0 Å². The summed E-state index contributed by atoms with van der Waals surface area (Å²) in [7, 11) is 0. The van der Waals surface area contributed by atoms with Gasteiger partial charge in [0.25, 0.3) is 0 Å². The van der Waals surface area contributed by atoms with E-state index < -0.39 is 60.4 Å². The number of nitrogens with two attached hydrogens (primary N) is 3. The molecular weight excluding hydrogens is 400 g/mol. The summed E-state index contributed by atoms with van der Waals surface area (Å²) in [6, 6.07) is -4.79. The molecule has 0 aromatic rings. The molecule has 0 rings (SSSR count). The molecule has 0 aliphatic heterocycles. The fourth-order valence-corrected chi connectivity index (χ4v) is 2.34. The monoisotopic (exact) mass is 432 g/mol. The number of primary amides is 1. The van der Waals surface area contributed by atoms with Crippen LogP contribution in [0.3, 0.4) is 0 Å². The Hall–Kier alpha value is -2.77. The average molecular weight is 432 g/mol. The van der Waals surface area contributed by atoms with Gasteiger partial charge in [0.05, 0.1) is 12.6 Å². The van der Waals surface area contributed by atoms with Crippen molar-refractivity contribution in [3.63, 3.8) is 0 Å². The first-order valence-electron chi connectivity index (χ1n) is 9.52. The minimum absolute atomic E-state index is 0.204. The number of aliphatic hydroxyl groups is 1. The lowest BCUT2D eigenvalue weighted by Crippen LogP contribution is -2.56. The summed E-state index contributed by atoms with van der Waals surface area (Å²) in [5.74, 6) is -4.45. The van der Waals surface area contributed by atoms with Crippen molar-refractivity contribution in [2.24, 2.45) is 17.2 Å². The Balaban J connectivity index is 4.96. The maximum absolute atomic E-state index is 12.4. The first-order chi connectivity index (χ1) is 14.0. The van der Waals surface area contributed by atoms with Crippen molar-refractivity contribution >= 4 is 29.6 Å². The third-order valence-corrected chi connectivity index (χ3v) is 4.17. The highest BCUT2D eigenvalue weighted by molar-refractivity contribution is 5.94. The molecule has 11 N–H and O–H groups in total. The van der Waals surface area contributed by atoms with E-state index in [-0.39, 0.29) is 12.8 Å². The fourth-order valence-electron chi connectivity index (χ4n) is 2.34. The van der Waals surface area contributed by atoms with Gasteiger partial charge in [-0.15, -0.1) is 0 Å². The molecule has 0 aliphatic rings. The van der Waals surface area contributed by atoms with Crippen LogP contribution in [0.15, 0.2) is 0 Å². The largest absolute Gasteiger partial charge is 0.480 e. The highest BCUT2D eigenvalue weighted by Gasteiger charge is 2.28. The second-order valence-electron chi connectivity index (χ2n) is 6.77. The number of aliphatic carboxylic acids is 1. The van der Waals surface area contributed by atoms with Crippen LogP contribution in [0, 0.1) is 0 Å². The molecular formula is C17H32N6O7. The quantitative estimate of drug-likeness (QED) is 0.118. The molecule has 13 nitrogen and oxygen atoms in total. The Kier molecular flexibility index (Phi) is 12.9. The van der Waals surface area contributed by atoms with E-state index in [1.807, 2.05) is 5.32 Å². The van der Waals surface area contributed by atoms with Crippen LogP contribution in [0.1, 0.15) is 39.0 Å². The molecule has 0 aliphatic carbocycles. The van der Waals surface area contributed by atoms with Gasteiger partial charge < -0.3 is 43.4 Å². The van der Waals surface area contributed by atoms with Crippen molar-refractivity contribution in [2.75, 3.05) is 13.2 Å². The van der Waals surface area contributed by atoms with E-state index in [9.17, 15) is 24.0 Å². The lowest BCUT2D eigenvalue weighted by atomic mass is 10.1. The Morgan fingerprint density at radius 3 is 2.00 bits per heavy atom. The SMILES string of the molecule is CC(NC(=O)C(N)CCCCN)C(=O)NC(CCC(N)=O)C(=O)NC(CO)C(=O)O. The Labute approximate surface area is 174 Å². The van der Waals surface area contributed by atoms with Gasteiger partial charge in [0.15, 0.2) is 0 Å². The molecule has 4 atom stereocenters. The first-order valence-corrected chi connectivity index (χ1v) is 9.52. The minimum Gasteiger partial charge on any atom is -0.480 e. The summed E-state index contributed by atoms with van der Waals surface area (Å²) in [5.41, 5.74) is 16.2. The van der Waals surface area contributed by atoms with Crippen LogP contribution in [0.2, 0.25) is 0 Å². The molecule has 4 unspecified atom stereocenters. The smallest absolute Gasteiger partial charge is 0.328 e. The Morgan fingerprint density at radius 1 is 0.900 bits per heavy atom. The molecule has 0 aromatic heterocycles. The van der Waals surface area contributed by atoms with Crippen LogP contribution in [-0.2, 0) is 24.0 Å². The van der Waals surface area contributed by atoms with E-state index in [1.54, 1.807) is 0 Å². The van der Waals surface area contributed by atoms with Gasteiger partial charge in [-0.1, -0.05) is 6.42 Å². The average Bonchev–Trinajstić information content (AvgIpc) is 2.68. The lowest BCUT2D eigenvalue weighted by molar-refractivity contribution is -0.143. The van der Waals surface area contributed by atoms with Crippen LogP contribution in [-0.4, -0.2) is 77.1 Å². The molecule has 172 valence electrons. The van der Waals surface area contributed by atoms with Gasteiger partial charge in [-0.2, -0.15) is 0 Å². The summed E-state index contributed by atoms with van der Waals surface area (Å²) in [5, 5.41) is 24.7. The summed E-state index contributed by atoms with van der Waals surface area (Å²) in [4.78, 5) is 58.7. The predicted molar refractivity (Wildman–Crippen MR) is 105 cm³/mol. The van der Waals surface area contributed by atoms with Gasteiger partial charge in [0.1, 0.15) is 18.1 Å². The maximum atomic E-state index is 12.4. The van der Waals surface area contributed by atoms with Crippen LogP contribution >= 0.6 is 0 Å². The fraction of sp³-hybridized carbons (Fsp3) is 0.706. The number of carbonyl (C=O) groups is 5. The van der Waals surface area contributed by atoms with Crippen molar-refractivity contribution in [1.29, 1.82) is 0 Å². The maximum Gasteiger partial charge on any atom is 0.328 e. The highest BCUT2D eigenvalue weighted by atomic mass is 16.4. The third-order valence-electron chi connectivity index (χ3n) is 4.17. The zero-order chi connectivity index (χ0) is 23.3. The zero-order valence-electron chi connectivity index (χ0n) is 16.9. The number of rotatable bonds is 15. The number of aliphatic hydroxyl groups excluding tert-OH is 1. The number of hydrogen-bond acceptors (Lipinski definition) is 8. The molecule has 30 heavy (non-hydrogen) atoms. The van der Waals surface area contributed by atoms with E-state index in [0.29, 0.717) is 25.8 Å². The van der Waals surface area contributed by atoms with E-state index in [2.05, 4.69) is 10.6 Å². The van der Waals surface area contributed by atoms with Gasteiger partial charge in [-0.25, -0.2) is 4.79 Å². The summed E-state index contributed by atoms with van der Waals surface area (Å²) in [6.45, 7) is 0.976. The van der Waals surface area contributed by atoms with Crippen LogP contribution in [0.4, 0.5) is 0 Å². The van der Waals surface area contributed by atoms with Gasteiger partial charge >= 0.3 is 5.97 Å². The molecule has 0 bridgehead atoms. The van der Waals surface area contributed by atoms with E-state index in [4.69, 9.17) is 27.4 Å². The van der Waals surface area contributed by atoms with Gasteiger partial charge in [-0.3, -0.25) is 19.2 Å². The normalized spacial score (nSPS) is 14.7. The standard InChI is InChI=1S/C17H32N6O7/c1-9(21-15(27)10(19)4-2-3-7-18)14(26)22-11(5-6-13(20)25)16(28)23-12(8-24)17(29)30/h9-12,24H,2-8,18-19H2,1H3,(H2,20,25)(H,21,27)(H,22,26)(H,23,28)(H,29,30). The van der Waals surface area contributed by atoms with Crippen LogP contribution in [0.25, 0.3) is 0 Å². The molecule has 0 aromatic carbocycles. The lowest BCUT2D eigenvalue weighted by Gasteiger charge is -2.23. The number of amides is 4. The number of carboxylic acids is 1. The van der Waals surface area contributed by atoms with Crippen molar-refractivity contribution in [3.8, 4) is 0 Å². The van der Waals surface area contributed by atoms with Gasteiger partial charge in [-0.05, 0) is 32.7 Å². The Bertz CT molecular complexity index is 615. The molecule has 4 amide bonds. The van der Waals surface area contributed by atoms with Gasteiger partial charge in [0.2, 0.25) is 23.6 Å². The van der Waals surface area contributed by atoms with E-state index in [1.165, 1.54) is 6.92 Å². The molecule has 0 saturated heterocycles. The molecule has 0 fully saturated rings. The Morgan fingerprint density at radius 2 is 1.50 bits per heavy atom. The summed E-state index contributed by atoms with van der Waals surface area (Å²) in [6.07, 6.45) is 1.28. The number of nitrogens with one attached hydrogen (secondary N) is 3. The zero-order valence-corrected chi connectivity index (χ0v) is 16.9. The van der Waals surface area contributed by atoms with Crippen molar-refractivity contribution in [3.05, 3.63) is 0 Å². The third kappa shape index (κ3) is 10.7. The molecule has 0 heterocycles.